The van der Waals surface area contributed by atoms with Crippen LogP contribution in [-0.2, 0) is 10.8 Å². The molecule has 4 fully saturated rings. The second-order valence-corrected chi connectivity index (χ2v) is 18.2. The van der Waals surface area contributed by atoms with Gasteiger partial charge in [0.1, 0.15) is 0 Å². The van der Waals surface area contributed by atoms with E-state index in [0.717, 1.165) is 23.7 Å². The van der Waals surface area contributed by atoms with Gasteiger partial charge in [-0.3, -0.25) is 0 Å². The molecule has 0 heterocycles. The van der Waals surface area contributed by atoms with Crippen LogP contribution in [-0.4, -0.2) is 0 Å². The summed E-state index contributed by atoms with van der Waals surface area (Å²) in [6, 6.07) is 62.2. The normalized spacial score (nSPS) is 24.1. The van der Waals surface area contributed by atoms with Crippen molar-refractivity contribution in [2.45, 2.75) is 56.8 Å². The first-order chi connectivity index (χ1) is 27.5. The van der Waals surface area contributed by atoms with Crippen LogP contribution in [0, 0.1) is 23.7 Å². The van der Waals surface area contributed by atoms with Gasteiger partial charge in [-0.15, -0.1) is 0 Å². The summed E-state index contributed by atoms with van der Waals surface area (Å²) in [7, 11) is 0. The Morgan fingerprint density at radius 2 is 0.804 bits per heavy atom. The van der Waals surface area contributed by atoms with Crippen LogP contribution in [0.25, 0.3) is 44.5 Å². The van der Waals surface area contributed by atoms with Gasteiger partial charge in [-0.25, -0.2) is 0 Å². The van der Waals surface area contributed by atoms with E-state index in [1.807, 2.05) is 0 Å². The minimum atomic E-state index is -0.0760. The van der Waals surface area contributed by atoms with Crippen molar-refractivity contribution in [1.82, 2.24) is 0 Å². The highest BCUT2D eigenvalue weighted by Gasteiger charge is 2.61. The summed E-state index contributed by atoms with van der Waals surface area (Å²) in [5, 5.41) is 0. The van der Waals surface area contributed by atoms with E-state index in [4.69, 9.17) is 0 Å². The van der Waals surface area contributed by atoms with Crippen molar-refractivity contribution in [2.75, 3.05) is 4.90 Å². The Kier molecular flexibility index (Phi) is 6.93. The maximum atomic E-state index is 2.64. The Labute approximate surface area is 331 Å². The van der Waals surface area contributed by atoms with Crippen molar-refractivity contribution in [2.24, 2.45) is 23.7 Å². The summed E-state index contributed by atoms with van der Waals surface area (Å²) in [6.45, 7) is 4.79. The fraction of sp³-hybridized carbons (Fsp3) is 0.236. The van der Waals surface area contributed by atoms with E-state index in [9.17, 15) is 0 Å². The van der Waals surface area contributed by atoms with Crippen LogP contribution in [0.3, 0.4) is 0 Å². The monoisotopic (exact) mass is 721 g/mol. The second-order valence-electron chi connectivity index (χ2n) is 18.2. The fourth-order valence-electron chi connectivity index (χ4n) is 12.8. The SMILES string of the molecule is CC1(C)c2ccccc2-c2ccc(N(c3ccc(-c4ccc(-c5ccccc5)cc4)cc3)c3ccc4c(c3)C3(c5ccccc5-4)C4CC5CC(C4)CC3C5)cc21. The largest absolute Gasteiger partial charge is 0.310 e. The molecule has 0 atom stereocenters. The summed E-state index contributed by atoms with van der Waals surface area (Å²) in [6.07, 6.45) is 7.04. The predicted octanol–water partition coefficient (Wildman–Crippen LogP) is 14.5. The molecule has 7 aromatic carbocycles. The Balaban J connectivity index is 1.00. The zero-order valence-electron chi connectivity index (χ0n) is 32.4. The molecule has 1 heteroatoms. The molecule has 4 bridgehead atoms. The van der Waals surface area contributed by atoms with E-state index in [1.165, 1.54) is 105 Å². The molecule has 6 aliphatic carbocycles. The van der Waals surface area contributed by atoms with Crippen LogP contribution in [0.2, 0.25) is 0 Å². The van der Waals surface area contributed by atoms with E-state index in [-0.39, 0.29) is 10.8 Å². The van der Waals surface area contributed by atoms with Crippen molar-refractivity contribution in [3.05, 3.63) is 186 Å². The van der Waals surface area contributed by atoms with Gasteiger partial charge in [0.2, 0.25) is 0 Å². The molecular formula is C55H47N. The number of rotatable bonds is 5. The highest BCUT2D eigenvalue weighted by molar-refractivity contribution is 5.89. The van der Waals surface area contributed by atoms with E-state index in [0.29, 0.717) is 0 Å². The van der Waals surface area contributed by atoms with Gasteiger partial charge in [0, 0.05) is 27.9 Å². The van der Waals surface area contributed by atoms with Gasteiger partial charge in [-0.05, 0) is 159 Å². The molecule has 0 saturated heterocycles. The van der Waals surface area contributed by atoms with E-state index < -0.39 is 0 Å². The molecule has 1 nitrogen and oxygen atoms in total. The first kappa shape index (κ1) is 32.6. The summed E-state index contributed by atoms with van der Waals surface area (Å²) < 4.78 is 0. The first-order valence-electron chi connectivity index (χ1n) is 21.0. The van der Waals surface area contributed by atoms with Crippen LogP contribution in [0.4, 0.5) is 17.1 Å². The van der Waals surface area contributed by atoms with Gasteiger partial charge < -0.3 is 4.90 Å². The van der Waals surface area contributed by atoms with Crippen molar-refractivity contribution >= 4 is 17.1 Å². The number of fused-ring (bicyclic) bond motifs is 6. The van der Waals surface area contributed by atoms with Crippen molar-refractivity contribution in [1.29, 1.82) is 0 Å². The minimum absolute atomic E-state index is 0.0760. The molecule has 4 saturated carbocycles. The molecule has 6 aliphatic rings. The molecule has 0 aromatic heterocycles. The van der Waals surface area contributed by atoms with E-state index in [2.05, 4.69) is 183 Å². The first-order valence-corrected chi connectivity index (χ1v) is 21.0. The van der Waals surface area contributed by atoms with Crippen LogP contribution >= 0.6 is 0 Å². The van der Waals surface area contributed by atoms with Gasteiger partial charge in [0.05, 0.1) is 0 Å². The average molecular weight is 722 g/mol. The molecule has 272 valence electrons. The van der Waals surface area contributed by atoms with E-state index >= 15 is 0 Å². The summed E-state index contributed by atoms with van der Waals surface area (Å²) >= 11 is 0. The number of anilines is 3. The average Bonchev–Trinajstić information content (AvgIpc) is 3.65. The lowest BCUT2D eigenvalue weighted by Crippen LogP contribution is -2.55. The van der Waals surface area contributed by atoms with Gasteiger partial charge in [-0.2, -0.15) is 0 Å². The number of nitrogens with zero attached hydrogens (tertiary/aromatic N) is 1. The standard InChI is InChI=1S/C55H47N/c1-54(2)50-14-8-6-12-46(50)48-26-24-44(33-52(48)54)56(43-22-20-40(21-23-43)39-18-16-38(17-19-39)37-10-4-3-5-11-37)45-25-27-49-47-13-7-9-15-51(47)55(53(49)34-45)41-29-35-28-36(31-41)32-42(55)30-35/h3-27,33-36,41-42H,28-32H2,1-2H3. The van der Waals surface area contributed by atoms with Crippen LogP contribution in [0.15, 0.2) is 164 Å². The second kappa shape index (κ2) is 11.9. The topological polar surface area (TPSA) is 3.24 Å². The quantitative estimate of drug-likeness (QED) is 0.171. The molecule has 13 rings (SSSR count). The third-order valence-electron chi connectivity index (χ3n) is 15.1. The third kappa shape index (κ3) is 4.55. The summed E-state index contributed by atoms with van der Waals surface area (Å²) in [5.41, 5.74) is 20.4. The zero-order chi connectivity index (χ0) is 37.2. The Hall–Kier alpha value is -5.66. The Morgan fingerprint density at radius 1 is 0.375 bits per heavy atom. The smallest absolute Gasteiger partial charge is 0.0465 e. The number of hydrogen-bond donors (Lipinski definition) is 0. The molecule has 0 unspecified atom stereocenters. The molecule has 7 aromatic rings. The molecule has 0 aliphatic heterocycles. The van der Waals surface area contributed by atoms with Crippen LogP contribution in [0.5, 0.6) is 0 Å². The lowest BCUT2D eigenvalue weighted by atomic mass is 9.43. The van der Waals surface area contributed by atoms with Gasteiger partial charge in [0.15, 0.2) is 0 Å². The molecule has 0 amide bonds. The highest BCUT2D eigenvalue weighted by Crippen LogP contribution is 2.69. The third-order valence-corrected chi connectivity index (χ3v) is 15.1. The van der Waals surface area contributed by atoms with Crippen molar-refractivity contribution in [3.63, 3.8) is 0 Å². The fourth-order valence-corrected chi connectivity index (χ4v) is 12.8. The maximum Gasteiger partial charge on any atom is 0.0465 e. The zero-order valence-corrected chi connectivity index (χ0v) is 32.4. The van der Waals surface area contributed by atoms with Gasteiger partial charge in [0.25, 0.3) is 0 Å². The van der Waals surface area contributed by atoms with Gasteiger partial charge >= 0.3 is 0 Å². The Bertz CT molecular complexity index is 2630. The number of benzene rings is 7. The van der Waals surface area contributed by atoms with Crippen molar-refractivity contribution < 1.29 is 0 Å². The predicted molar refractivity (Wildman–Crippen MR) is 233 cm³/mol. The van der Waals surface area contributed by atoms with E-state index in [1.54, 1.807) is 11.1 Å². The maximum absolute atomic E-state index is 2.64. The van der Waals surface area contributed by atoms with Crippen LogP contribution in [0.1, 0.15) is 68.2 Å². The molecule has 56 heavy (non-hydrogen) atoms. The summed E-state index contributed by atoms with van der Waals surface area (Å²) in [4.78, 5) is 2.55. The molecular weight excluding hydrogens is 675 g/mol. The van der Waals surface area contributed by atoms with Crippen molar-refractivity contribution in [3.8, 4) is 44.5 Å². The minimum Gasteiger partial charge on any atom is -0.310 e. The number of hydrogen-bond acceptors (Lipinski definition) is 1. The highest BCUT2D eigenvalue weighted by atomic mass is 15.1. The van der Waals surface area contributed by atoms with Crippen LogP contribution < -0.4 is 4.90 Å². The molecule has 0 N–H and O–H groups in total. The molecule has 1 spiro atoms. The summed E-state index contributed by atoms with van der Waals surface area (Å²) in [5.74, 6) is 3.31. The lowest BCUT2D eigenvalue weighted by molar-refractivity contribution is -0.0399. The Morgan fingerprint density at radius 3 is 1.41 bits per heavy atom. The molecule has 0 radical (unpaired) electrons. The lowest BCUT2D eigenvalue weighted by Gasteiger charge is -2.61. The van der Waals surface area contributed by atoms with Gasteiger partial charge in [-0.1, -0.05) is 141 Å².